The molecular weight excluding hydrogens is 282 g/mol. The van der Waals surface area contributed by atoms with E-state index in [1.807, 2.05) is 38.1 Å². The van der Waals surface area contributed by atoms with E-state index in [2.05, 4.69) is 25.9 Å². The summed E-state index contributed by atoms with van der Waals surface area (Å²) in [6.45, 7) is 4.29. The zero-order chi connectivity index (χ0) is 15.6. The van der Waals surface area contributed by atoms with Gasteiger partial charge in [-0.25, -0.2) is 0 Å². The van der Waals surface area contributed by atoms with Gasteiger partial charge >= 0.3 is 0 Å². The quantitative estimate of drug-likeness (QED) is 0.886. The van der Waals surface area contributed by atoms with Crippen LogP contribution in [0.15, 0.2) is 24.3 Å². The molecule has 1 aromatic heterocycles. The molecule has 7 nitrogen and oxygen atoms in total. The first-order valence-corrected chi connectivity index (χ1v) is 7.41. The first-order valence-electron chi connectivity index (χ1n) is 7.41. The first kappa shape index (κ1) is 14.6. The molecular formula is C15H19N5O2. The van der Waals surface area contributed by atoms with Gasteiger partial charge < -0.3 is 10.1 Å². The van der Waals surface area contributed by atoms with E-state index < -0.39 is 5.60 Å². The number of carbonyl (C=O) groups excluding carboxylic acids is 1. The van der Waals surface area contributed by atoms with Crippen molar-refractivity contribution in [2.45, 2.75) is 38.3 Å². The number of benzene rings is 1. The zero-order valence-corrected chi connectivity index (χ0v) is 12.7. The van der Waals surface area contributed by atoms with Gasteiger partial charge in [-0.2, -0.15) is 5.21 Å². The van der Waals surface area contributed by atoms with E-state index in [1.165, 1.54) is 0 Å². The molecule has 0 radical (unpaired) electrons. The number of nitrogens with one attached hydrogen (secondary N) is 2. The van der Waals surface area contributed by atoms with Crippen molar-refractivity contribution in [3.05, 3.63) is 41.2 Å². The molecule has 2 atom stereocenters. The van der Waals surface area contributed by atoms with E-state index >= 15 is 0 Å². The van der Waals surface area contributed by atoms with Crippen LogP contribution in [-0.2, 0) is 21.6 Å². The van der Waals surface area contributed by atoms with E-state index in [9.17, 15) is 4.79 Å². The maximum Gasteiger partial charge on any atom is 0.257 e. The fourth-order valence-corrected chi connectivity index (χ4v) is 2.80. The molecule has 0 spiro atoms. The van der Waals surface area contributed by atoms with Crippen LogP contribution in [0.3, 0.4) is 0 Å². The fourth-order valence-electron chi connectivity index (χ4n) is 2.80. The van der Waals surface area contributed by atoms with Crippen molar-refractivity contribution in [1.29, 1.82) is 0 Å². The van der Waals surface area contributed by atoms with Gasteiger partial charge in [-0.3, -0.25) is 4.79 Å². The van der Waals surface area contributed by atoms with Gasteiger partial charge in [0.05, 0.1) is 12.6 Å². The first-order chi connectivity index (χ1) is 10.6. The third kappa shape index (κ3) is 2.48. The average molecular weight is 301 g/mol. The summed E-state index contributed by atoms with van der Waals surface area (Å²) in [6, 6.07) is 7.61. The summed E-state index contributed by atoms with van der Waals surface area (Å²) < 4.78 is 5.84. The largest absolute Gasteiger partial charge is 0.360 e. The summed E-state index contributed by atoms with van der Waals surface area (Å²) in [7, 11) is 0. The van der Waals surface area contributed by atoms with E-state index in [-0.39, 0.29) is 11.9 Å². The number of tetrazole rings is 1. The van der Waals surface area contributed by atoms with E-state index in [1.54, 1.807) is 0 Å². The molecule has 0 bridgehead atoms. The minimum Gasteiger partial charge on any atom is -0.360 e. The Hall–Kier alpha value is -2.28. The van der Waals surface area contributed by atoms with Crippen molar-refractivity contribution in [2.24, 2.45) is 0 Å². The zero-order valence-electron chi connectivity index (χ0n) is 12.7. The molecule has 1 aromatic carbocycles. The number of rotatable bonds is 4. The number of nitrogens with zero attached hydrogens (tertiary/aromatic N) is 3. The number of amides is 1. The number of aromatic nitrogens is 4. The maximum absolute atomic E-state index is 12.8. The van der Waals surface area contributed by atoms with Gasteiger partial charge in [0, 0.05) is 0 Å². The Morgan fingerprint density at radius 3 is 3.05 bits per heavy atom. The summed E-state index contributed by atoms with van der Waals surface area (Å²) in [4.78, 5) is 12.8. The molecule has 116 valence electrons. The van der Waals surface area contributed by atoms with Crippen LogP contribution in [0.25, 0.3) is 0 Å². The van der Waals surface area contributed by atoms with Crippen LogP contribution in [0.2, 0.25) is 0 Å². The summed E-state index contributed by atoms with van der Waals surface area (Å²) in [5.74, 6) is 0.292. The highest BCUT2D eigenvalue weighted by molar-refractivity contribution is 5.87. The van der Waals surface area contributed by atoms with Crippen LogP contribution in [0.4, 0.5) is 0 Å². The molecule has 0 aliphatic carbocycles. The lowest BCUT2D eigenvalue weighted by atomic mass is 9.86. The predicted octanol–water partition coefficient (Wildman–Crippen LogP) is 1.26. The smallest absolute Gasteiger partial charge is 0.257 e. The monoisotopic (exact) mass is 301 g/mol. The second-order valence-corrected chi connectivity index (χ2v) is 5.49. The molecule has 3 rings (SSSR count). The maximum atomic E-state index is 12.8. The lowest BCUT2D eigenvalue weighted by Gasteiger charge is -2.35. The van der Waals surface area contributed by atoms with Crippen molar-refractivity contribution in [3.63, 3.8) is 0 Å². The van der Waals surface area contributed by atoms with Crippen molar-refractivity contribution in [3.8, 4) is 0 Å². The predicted molar refractivity (Wildman–Crippen MR) is 78.8 cm³/mol. The van der Waals surface area contributed by atoms with Crippen molar-refractivity contribution in [1.82, 2.24) is 25.9 Å². The Kier molecular flexibility index (Phi) is 3.89. The average Bonchev–Trinajstić information content (AvgIpc) is 3.07. The third-order valence-electron chi connectivity index (χ3n) is 4.11. The summed E-state index contributed by atoms with van der Waals surface area (Å²) in [5, 5.41) is 16.8. The molecule has 2 N–H and O–H groups in total. The van der Waals surface area contributed by atoms with Crippen LogP contribution >= 0.6 is 0 Å². The lowest BCUT2D eigenvalue weighted by molar-refractivity contribution is -0.149. The molecule has 7 heteroatoms. The summed E-state index contributed by atoms with van der Waals surface area (Å²) >= 11 is 0. The Bertz CT molecular complexity index is 658. The van der Waals surface area contributed by atoms with Gasteiger partial charge in [-0.1, -0.05) is 36.4 Å². The van der Waals surface area contributed by atoms with Crippen LogP contribution in [-0.4, -0.2) is 33.1 Å². The lowest BCUT2D eigenvalue weighted by Crippen LogP contribution is -2.48. The van der Waals surface area contributed by atoms with Crippen LogP contribution in [0.1, 0.15) is 43.3 Å². The number of carbonyl (C=O) groups is 1. The Morgan fingerprint density at radius 2 is 2.32 bits per heavy atom. The van der Waals surface area contributed by atoms with Gasteiger partial charge in [0.1, 0.15) is 0 Å². The van der Waals surface area contributed by atoms with E-state index in [0.717, 1.165) is 17.5 Å². The highest BCUT2D eigenvalue weighted by atomic mass is 16.5. The second-order valence-electron chi connectivity index (χ2n) is 5.49. The van der Waals surface area contributed by atoms with E-state index in [0.29, 0.717) is 18.9 Å². The second kappa shape index (κ2) is 5.84. The SMILES string of the molecule is CCC(NC(=O)C1(C)OCCc2ccccc21)c1nn[nH]n1. The number of fused-ring (bicyclic) bond motifs is 1. The van der Waals surface area contributed by atoms with Crippen LogP contribution in [0.5, 0.6) is 0 Å². The minimum absolute atomic E-state index is 0.184. The Labute approximate surface area is 128 Å². The molecule has 2 aromatic rings. The standard InChI is InChI=1S/C15H19N5O2/c1-3-12(13-17-19-20-18-13)16-14(21)15(2)11-7-5-4-6-10(11)8-9-22-15/h4-7,12H,3,8-9H2,1-2H3,(H,16,21)(H,17,18,19,20). The Balaban J connectivity index is 1.86. The third-order valence-corrected chi connectivity index (χ3v) is 4.11. The molecule has 1 aliphatic heterocycles. The van der Waals surface area contributed by atoms with E-state index in [4.69, 9.17) is 4.74 Å². The normalized spacial score (nSPS) is 21.9. The molecule has 22 heavy (non-hydrogen) atoms. The number of hydrogen-bond donors (Lipinski definition) is 2. The molecule has 0 fully saturated rings. The summed E-state index contributed by atoms with van der Waals surface area (Å²) in [5.41, 5.74) is 1.08. The van der Waals surface area contributed by atoms with Crippen molar-refractivity contribution >= 4 is 5.91 Å². The number of H-pyrrole nitrogens is 1. The highest BCUT2D eigenvalue weighted by Gasteiger charge is 2.41. The molecule has 0 saturated heterocycles. The number of ether oxygens (including phenoxy) is 1. The van der Waals surface area contributed by atoms with Crippen molar-refractivity contribution in [2.75, 3.05) is 6.61 Å². The summed E-state index contributed by atoms with van der Waals surface area (Å²) in [6.07, 6.45) is 1.49. The molecule has 1 aliphatic rings. The topological polar surface area (TPSA) is 92.8 Å². The highest BCUT2D eigenvalue weighted by Crippen LogP contribution is 2.33. The van der Waals surface area contributed by atoms with Gasteiger partial charge in [0.25, 0.3) is 5.91 Å². The number of hydrogen-bond acceptors (Lipinski definition) is 5. The Morgan fingerprint density at radius 1 is 1.50 bits per heavy atom. The van der Waals surface area contributed by atoms with Gasteiger partial charge in [-0.05, 0) is 30.9 Å². The molecule has 2 heterocycles. The molecule has 0 saturated carbocycles. The van der Waals surface area contributed by atoms with Crippen LogP contribution in [0, 0.1) is 0 Å². The van der Waals surface area contributed by atoms with Gasteiger partial charge in [0.15, 0.2) is 11.4 Å². The van der Waals surface area contributed by atoms with Gasteiger partial charge in [-0.15, -0.1) is 10.2 Å². The molecule has 2 unspecified atom stereocenters. The molecule has 1 amide bonds. The van der Waals surface area contributed by atoms with Gasteiger partial charge in [0.2, 0.25) is 0 Å². The fraction of sp³-hybridized carbons (Fsp3) is 0.467. The van der Waals surface area contributed by atoms with Crippen LogP contribution < -0.4 is 5.32 Å². The minimum atomic E-state index is -0.994. The number of aromatic amines is 1. The van der Waals surface area contributed by atoms with Crippen molar-refractivity contribution < 1.29 is 9.53 Å².